The van der Waals surface area contributed by atoms with E-state index in [4.69, 9.17) is 5.73 Å². The summed E-state index contributed by atoms with van der Waals surface area (Å²) < 4.78 is 18.9. The van der Waals surface area contributed by atoms with Crippen molar-refractivity contribution in [2.75, 3.05) is 12.8 Å². The number of nitrogens with one attached hydrogen (secondary N) is 1. The van der Waals surface area contributed by atoms with Crippen LogP contribution in [0.4, 0.5) is 10.2 Å². The highest BCUT2D eigenvalue weighted by Gasteiger charge is 2.31. The maximum absolute atomic E-state index is 14.4. The summed E-state index contributed by atoms with van der Waals surface area (Å²) in [5.74, 6) is -6.40. The van der Waals surface area contributed by atoms with Gasteiger partial charge in [-0.15, -0.1) is 0 Å². The Morgan fingerprint density at radius 1 is 1.12 bits per heavy atom. The largest absolute Gasteiger partial charge is 0.478 e. The molecule has 130 valence electrons. The zero-order valence-corrected chi connectivity index (χ0v) is 12.6. The number of rotatable bonds is 4. The monoisotopic (exact) mass is 350 g/mol. The molecule has 1 heterocycles. The highest BCUT2D eigenvalue weighted by atomic mass is 19.1. The van der Waals surface area contributed by atoms with Gasteiger partial charge in [0.05, 0.1) is 12.7 Å². The first-order valence-corrected chi connectivity index (χ1v) is 6.60. The van der Waals surface area contributed by atoms with Gasteiger partial charge in [-0.1, -0.05) is 6.07 Å². The number of hydrogen-bond donors (Lipinski definition) is 4. The van der Waals surface area contributed by atoms with E-state index in [1.54, 1.807) is 0 Å². The topological polar surface area (TPSA) is 160 Å². The number of nitrogen functional groups attached to an aromatic ring is 1. The normalized spacial score (nSPS) is 10.3. The molecule has 10 heteroatoms. The van der Waals surface area contributed by atoms with E-state index in [1.165, 1.54) is 0 Å². The van der Waals surface area contributed by atoms with Gasteiger partial charge in [-0.3, -0.25) is 4.79 Å². The number of ether oxygens (including phenoxy) is 1. The average Bonchev–Trinajstić information content (AvgIpc) is 2.52. The summed E-state index contributed by atoms with van der Waals surface area (Å²) in [5.41, 5.74) is 0.315. The predicted octanol–water partition coefficient (Wildman–Crippen LogP) is 0.946. The first-order valence-electron chi connectivity index (χ1n) is 6.60. The summed E-state index contributed by atoms with van der Waals surface area (Å²) in [4.78, 5) is 48.7. The molecule has 0 atom stereocenters. The Morgan fingerprint density at radius 2 is 1.72 bits per heavy atom. The number of carbonyl (C=O) groups excluding carboxylic acids is 1. The van der Waals surface area contributed by atoms with Gasteiger partial charge in [0.25, 0.3) is 5.56 Å². The molecule has 5 N–H and O–H groups in total. The van der Waals surface area contributed by atoms with Crippen molar-refractivity contribution in [1.29, 1.82) is 0 Å². The summed E-state index contributed by atoms with van der Waals surface area (Å²) in [6, 6.07) is 3.11. The zero-order chi connectivity index (χ0) is 18.9. The fraction of sp³-hybridized carbons (Fsp3) is 0.0667. The van der Waals surface area contributed by atoms with Gasteiger partial charge in [0, 0.05) is 11.1 Å². The molecule has 0 unspecified atom stereocenters. The number of nitrogens with two attached hydrogens (primary N) is 1. The van der Waals surface area contributed by atoms with Crippen molar-refractivity contribution in [3.05, 3.63) is 51.1 Å². The van der Waals surface area contributed by atoms with Gasteiger partial charge in [-0.05, 0) is 12.1 Å². The fourth-order valence-electron chi connectivity index (χ4n) is 2.35. The molecule has 0 aliphatic rings. The summed E-state index contributed by atoms with van der Waals surface area (Å²) >= 11 is 0. The van der Waals surface area contributed by atoms with E-state index in [-0.39, 0.29) is 0 Å². The van der Waals surface area contributed by atoms with E-state index < -0.39 is 62.9 Å². The van der Waals surface area contributed by atoms with Crippen LogP contribution in [0.25, 0.3) is 11.1 Å². The molecule has 0 saturated heterocycles. The number of halogens is 1. The SMILES string of the molecule is COC(=O)c1cccc(F)c1-c1c(C(=O)O)c(N)[nH]c(=O)c1C(=O)O. The number of pyridine rings is 1. The minimum absolute atomic E-state index is 0.461. The van der Waals surface area contributed by atoms with Gasteiger partial charge < -0.3 is 25.7 Å². The number of carbonyl (C=O) groups is 3. The second kappa shape index (κ2) is 6.43. The second-order valence-corrected chi connectivity index (χ2v) is 4.76. The van der Waals surface area contributed by atoms with Crippen LogP contribution in [0.15, 0.2) is 23.0 Å². The van der Waals surface area contributed by atoms with Crippen LogP contribution in [0.5, 0.6) is 0 Å². The van der Waals surface area contributed by atoms with Crippen molar-refractivity contribution >= 4 is 23.7 Å². The lowest BCUT2D eigenvalue weighted by atomic mass is 9.91. The van der Waals surface area contributed by atoms with Gasteiger partial charge in [0.1, 0.15) is 22.8 Å². The van der Waals surface area contributed by atoms with Crippen molar-refractivity contribution in [2.45, 2.75) is 0 Å². The van der Waals surface area contributed by atoms with Crippen LogP contribution in [0.1, 0.15) is 31.1 Å². The van der Waals surface area contributed by atoms with E-state index in [0.717, 1.165) is 25.3 Å². The number of benzene rings is 1. The lowest BCUT2D eigenvalue weighted by Gasteiger charge is -2.15. The average molecular weight is 350 g/mol. The molecule has 1 aromatic carbocycles. The van der Waals surface area contributed by atoms with E-state index in [1.807, 2.05) is 4.98 Å². The van der Waals surface area contributed by atoms with Crippen LogP contribution in [0, 0.1) is 5.82 Å². The Hall–Kier alpha value is -3.69. The number of carboxylic acid groups (broad SMARTS) is 2. The number of aromatic nitrogens is 1. The molecule has 0 spiro atoms. The van der Waals surface area contributed by atoms with Crippen molar-refractivity contribution in [2.24, 2.45) is 0 Å². The molecule has 0 fully saturated rings. The van der Waals surface area contributed by atoms with E-state index in [9.17, 15) is 33.8 Å². The minimum atomic E-state index is -1.82. The second-order valence-electron chi connectivity index (χ2n) is 4.76. The van der Waals surface area contributed by atoms with Crippen molar-refractivity contribution < 1.29 is 33.7 Å². The third kappa shape index (κ3) is 2.92. The minimum Gasteiger partial charge on any atom is -0.478 e. The maximum Gasteiger partial charge on any atom is 0.342 e. The summed E-state index contributed by atoms with van der Waals surface area (Å²) in [6.45, 7) is 0. The highest BCUT2D eigenvalue weighted by Crippen LogP contribution is 2.34. The summed E-state index contributed by atoms with van der Waals surface area (Å²) in [6.07, 6.45) is 0. The van der Waals surface area contributed by atoms with Crippen LogP contribution in [-0.4, -0.2) is 40.2 Å². The molecule has 0 aliphatic carbocycles. The number of aromatic amines is 1. The van der Waals surface area contributed by atoms with Crippen molar-refractivity contribution in [3.8, 4) is 11.1 Å². The predicted molar refractivity (Wildman–Crippen MR) is 82.1 cm³/mol. The van der Waals surface area contributed by atoms with Gasteiger partial charge in [0.2, 0.25) is 0 Å². The molecule has 25 heavy (non-hydrogen) atoms. The van der Waals surface area contributed by atoms with Crippen LogP contribution >= 0.6 is 0 Å². The van der Waals surface area contributed by atoms with Crippen LogP contribution < -0.4 is 11.3 Å². The van der Waals surface area contributed by atoms with Crippen LogP contribution in [-0.2, 0) is 4.74 Å². The smallest absolute Gasteiger partial charge is 0.342 e. The van der Waals surface area contributed by atoms with Crippen molar-refractivity contribution in [3.63, 3.8) is 0 Å². The molecule has 0 saturated carbocycles. The van der Waals surface area contributed by atoms with E-state index >= 15 is 0 Å². The third-order valence-corrected chi connectivity index (χ3v) is 3.34. The highest BCUT2D eigenvalue weighted by molar-refractivity contribution is 6.10. The number of methoxy groups -OCH3 is 1. The molecule has 9 nitrogen and oxygen atoms in total. The van der Waals surface area contributed by atoms with Gasteiger partial charge in [-0.2, -0.15) is 0 Å². The van der Waals surface area contributed by atoms with Crippen LogP contribution in [0.3, 0.4) is 0 Å². The Morgan fingerprint density at radius 3 is 2.24 bits per heavy atom. The molecule has 2 rings (SSSR count). The molecule has 2 aromatic rings. The molecule has 0 aliphatic heterocycles. The van der Waals surface area contributed by atoms with Crippen LogP contribution in [0.2, 0.25) is 0 Å². The molecule has 1 aromatic heterocycles. The lowest BCUT2D eigenvalue weighted by Crippen LogP contribution is -2.25. The summed E-state index contributed by atoms with van der Waals surface area (Å²) in [7, 11) is 0.999. The van der Waals surface area contributed by atoms with Gasteiger partial charge >= 0.3 is 17.9 Å². The fourth-order valence-corrected chi connectivity index (χ4v) is 2.35. The Bertz CT molecular complexity index is 965. The van der Waals surface area contributed by atoms with Gasteiger partial charge in [0.15, 0.2) is 0 Å². The van der Waals surface area contributed by atoms with E-state index in [0.29, 0.717) is 0 Å². The molecule has 0 bridgehead atoms. The maximum atomic E-state index is 14.4. The third-order valence-electron chi connectivity index (χ3n) is 3.34. The van der Waals surface area contributed by atoms with Crippen molar-refractivity contribution in [1.82, 2.24) is 4.98 Å². The zero-order valence-electron chi connectivity index (χ0n) is 12.6. The number of aromatic carboxylic acids is 2. The Kier molecular flexibility index (Phi) is 4.54. The molecular formula is C15H11FN2O7. The number of hydrogen-bond acceptors (Lipinski definition) is 6. The molecule has 0 amide bonds. The van der Waals surface area contributed by atoms with E-state index in [2.05, 4.69) is 4.74 Å². The van der Waals surface area contributed by atoms with Gasteiger partial charge in [-0.25, -0.2) is 18.8 Å². The number of H-pyrrole nitrogens is 1. The lowest BCUT2D eigenvalue weighted by molar-refractivity contribution is 0.0598. The number of anilines is 1. The first kappa shape index (κ1) is 17.7. The molecule has 0 radical (unpaired) electrons. The number of esters is 1. The standard InChI is InChI=1S/C15H11FN2O7/c1-25-15(24)5-3-2-4-6(16)7(5)8-9(13(20)21)11(17)18-12(19)10(8)14(22)23/h2-4H,1H3,(H,20,21)(H,22,23)(H3,17,18,19). The quantitative estimate of drug-likeness (QED) is 0.593. The number of carboxylic acids is 2. The Labute approximate surface area is 138 Å². The molecular weight excluding hydrogens is 339 g/mol. The Balaban J connectivity index is 3.13. The first-order chi connectivity index (χ1) is 11.7. The summed E-state index contributed by atoms with van der Waals surface area (Å²) in [5, 5.41) is 18.6.